The summed E-state index contributed by atoms with van der Waals surface area (Å²) in [5.74, 6) is 0.596. The molecule has 136 valence electrons. The summed E-state index contributed by atoms with van der Waals surface area (Å²) < 4.78 is 11.8. The fourth-order valence-electron chi connectivity index (χ4n) is 2.72. The molecule has 3 aromatic heterocycles. The minimum atomic E-state index is -0.369. The maximum absolute atomic E-state index is 12.5. The number of aromatic nitrogens is 3. The molecule has 0 radical (unpaired) electrons. The van der Waals surface area contributed by atoms with E-state index in [-0.39, 0.29) is 11.8 Å². The first-order valence-electron chi connectivity index (χ1n) is 8.03. The summed E-state index contributed by atoms with van der Waals surface area (Å²) in [7, 11) is 3.31. The van der Waals surface area contributed by atoms with Gasteiger partial charge >= 0.3 is 5.88 Å². The first kappa shape index (κ1) is 17.0. The number of nitrogens with one attached hydrogen (secondary N) is 1. The van der Waals surface area contributed by atoms with E-state index < -0.39 is 0 Å². The number of amides is 1. The van der Waals surface area contributed by atoms with Crippen LogP contribution in [0.25, 0.3) is 21.5 Å². The number of methoxy groups -OCH3 is 1. The van der Waals surface area contributed by atoms with Crippen LogP contribution in [0.3, 0.4) is 0 Å². The van der Waals surface area contributed by atoms with E-state index in [2.05, 4.69) is 15.6 Å². The molecule has 1 aromatic carbocycles. The van der Waals surface area contributed by atoms with Gasteiger partial charge in [-0.3, -0.25) is 14.6 Å². The molecule has 0 saturated heterocycles. The first-order valence-corrected chi connectivity index (χ1v) is 8.85. The number of nitrogen functional groups attached to an aromatic ring is 1. The van der Waals surface area contributed by atoms with Crippen LogP contribution in [-0.4, -0.2) is 23.3 Å². The monoisotopic (exact) mass is 382 g/mol. The Morgan fingerprint density at radius 3 is 2.85 bits per heavy atom. The lowest BCUT2D eigenvalue weighted by Crippen LogP contribution is -2.28. The molecule has 0 atom stereocenters. The van der Waals surface area contributed by atoms with E-state index in [1.807, 2.05) is 36.4 Å². The summed E-state index contributed by atoms with van der Waals surface area (Å²) in [6.45, 7) is 0. The smallest absolute Gasteiger partial charge is 0.302 e. The standard InChI is InChI=1S/C18H15N5O3S/c1-23-9-14(26-22-23)21-17(24)16-15(19)11-7-8-12(20-18(11)27-16)10-5-3-4-6-13(10)25-2/h3-9H,1-2H3,(H2-,19,21,22,24)/p+1. The van der Waals surface area contributed by atoms with Gasteiger partial charge in [0.15, 0.2) is 12.3 Å². The van der Waals surface area contributed by atoms with Gasteiger partial charge in [-0.1, -0.05) is 16.8 Å². The van der Waals surface area contributed by atoms with Crippen LogP contribution in [0, 0.1) is 0 Å². The Balaban J connectivity index is 1.72. The molecule has 0 saturated carbocycles. The van der Waals surface area contributed by atoms with Crippen molar-refractivity contribution in [3.63, 3.8) is 0 Å². The van der Waals surface area contributed by atoms with Crippen molar-refractivity contribution in [2.45, 2.75) is 0 Å². The fourth-order valence-corrected chi connectivity index (χ4v) is 3.71. The highest BCUT2D eigenvalue weighted by Crippen LogP contribution is 2.36. The Bertz CT molecular complexity index is 1150. The minimum Gasteiger partial charge on any atom is -0.496 e. The normalized spacial score (nSPS) is 10.9. The van der Waals surface area contributed by atoms with Gasteiger partial charge in [0.1, 0.15) is 15.5 Å². The second-order valence-electron chi connectivity index (χ2n) is 5.79. The number of rotatable bonds is 4. The number of carbonyl (C=O) groups excluding carboxylic acids is 1. The number of nitrogens with zero attached hydrogens (tertiary/aromatic N) is 3. The molecule has 0 fully saturated rings. The number of pyridine rings is 1. The zero-order valence-corrected chi connectivity index (χ0v) is 15.4. The zero-order valence-electron chi connectivity index (χ0n) is 14.6. The van der Waals surface area contributed by atoms with Crippen molar-refractivity contribution >= 4 is 39.0 Å². The van der Waals surface area contributed by atoms with Gasteiger partial charge < -0.3 is 10.5 Å². The molecule has 8 nitrogen and oxygen atoms in total. The number of ether oxygens (including phenoxy) is 1. The van der Waals surface area contributed by atoms with Crippen LogP contribution in [0.5, 0.6) is 5.75 Å². The zero-order chi connectivity index (χ0) is 19.0. The number of hydrogen-bond acceptors (Lipinski definition) is 7. The second kappa shape index (κ2) is 6.69. The van der Waals surface area contributed by atoms with Crippen molar-refractivity contribution < 1.29 is 18.7 Å². The lowest BCUT2D eigenvalue weighted by atomic mass is 10.1. The molecule has 0 aliphatic rings. The van der Waals surface area contributed by atoms with Gasteiger partial charge in [-0.2, -0.15) is 0 Å². The highest BCUT2D eigenvalue weighted by atomic mass is 32.1. The maximum atomic E-state index is 12.5. The fraction of sp³-hybridized carbons (Fsp3) is 0.111. The number of aryl methyl sites for hydroxylation is 1. The Labute approximate surface area is 158 Å². The summed E-state index contributed by atoms with van der Waals surface area (Å²) in [5.41, 5.74) is 8.18. The first-order chi connectivity index (χ1) is 13.1. The molecule has 4 rings (SSSR count). The summed E-state index contributed by atoms with van der Waals surface area (Å²) in [4.78, 5) is 18.3. The molecule has 1 amide bonds. The minimum absolute atomic E-state index is 0.238. The number of anilines is 2. The van der Waals surface area contributed by atoms with E-state index in [1.165, 1.54) is 16.0 Å². The van der Waals surface area contributed by atoms with Crippen molar-refractivity contribution in [3.05, 3.63) is 47.5 Å². The van der Waals surface area contributed by atoms with Gasteiger partial charge in [0.2, 0.25) is 0 Å². The van der Waals surface area contributed by atoms with E-state index in [0.29, 0.717) is 15.4 Å². The third kappa shape index (κ3) is 3.08. The highest BCUT2D eigenvalue weighted by Gasteiger charge is 2.20. The lowest BCUT2D eigenvalue weighted by Gasteiger charge is -2.07. The van der Waals surface area contributed by atoms with Crippen molar-refractivity contribution in [2.75, 3.05) is 18.2 Å². The van der Waals surface area contributed by atoms with Gasteiger partial charge in [-0.05, 0) is 24.3 Å². The number of nitrogens with two attached hydrogens (primary N) is 1. The van der Waals surface area contributed by atoms with Crippen LogP contribution in [0.15, 0.2) is 47.1 Å². The van der Waals surface area contributed by atoms with E-state index in [1.54, 1.807) is 20.4 Å². The van der Waals surface area contributed by atoms with Crippen molar-refractivity contribution in [3.8, 4) is 17.0 Å². The Hall–Kier alpha value is -3.46. The molecular formula is C18H16N5O3S+. The van der Waals surface area contributed by atoms with E-state index in [9.17, 15) is 4.79 Å². The predicted octanol–water partition coefficient (Wildman–Crippen LogP) is 2.62. The number of benzene rings is 1. The van der Waals surface area contributed by atoms with Gasteiger partial charge in [0.25, 0.3) is 12.1 Å². The van der Waals surface area contributed by atoms with Crippen molar-refractivity contribution in [1.82, 2.24) is 10.3 Å². The van der Waals surface area contributed by atoms with Gasteiger partial charge in [-0.25, -0.2) is 4.98 Å². The molecule has 0 bridgehead atoms. The summed E-state index contributed by atoms with van der Waals surface area (Å²) in [5, 5.41) is 7.03. The molecule has 3 N–H and O–H groups in total. The summed E-state index contributed by atoms with van der Waals surface area (Å²) >= 11 is 1.22. The molecule has 0 spiro atoms. The van der Waals surface area contributed by atoms with Crippen LogP contribution >= 0.6 is 11.3 Å². The Kier molecular flexibility index (Phi) is 4.21. The number of thiophene rings is 1. The van der Waals surface area contributed by atoms with Gasteiger partial charge in [-0.15, -0.1) is 11.3 Å². The number of fused-ring (bicyclic) bond motifs is 1. The van der Waals surface area contributed by atoms with Gasteiger partial charge in [0, 0.05) is 10.9 Å². The largest absolute Gasteiger partial charge is 0.496 e. The van der Waals surface area contributed by atoms with Crippen LogP contribution in [0.4, 0.5) is 11.6 Å². The van der Waals surface area contributed by atoms with Crippen LogP contribution in [-0.2, 0) is 7.05 Å². The van der Waals surface area contributed by atoms with E-state index >= 15 is 0 Å². The number of para-hydroxylation sites is 1. The van der Waals surface area contributed by atoms with Crippen LogP contribution in [0.1, 0.15) is 9.67 Å². The molecule has 9 heteroatoms. The van der Waals surface area contributed by atoms with E-state index in [0.717, 1.165) is 22.4 Å². The summed E-state index contributed by atoms with van der Waals surface area (Å²) in [6.07, 6.45) is 1.56. The molecular weight excluding hydrogens is 366 g/mol. The maximum Gasteiger partial charge on any atom is 0.302 e. The number of carbonyl (C=O) groups is 1. The summed E-state index contributed by atoms with van der Waals surface area (Å²) in [6, 6.07) is 11.4. The van der Waals surface area contributed by atoms with Crippen molar-refractivity contribution in [1.29, 1.82) is 0 Å². The topological polar surface area (TPSA) is 107 Å². The van der Waals surface area contributed by atoms with Gasteiger partial charge in [0.05, 0.1) is 18.5 Å². The van der Waals surface area contributed by atoms with Crippen LogP contribution in [0.2, 0.25) is 0 Å². The number of hydrogen-bond donors (Lipinski definition) is 2. The highest BCUT2D eigenvalue weighted by molar-refractivity contribution is 7.21. The second-order valence-corrected chi connectivity index (χ2v) is 6.79. The Morgan fingerprint density at radius 2 is 2.11 bits per heavy atom. The Morgan fingerprint density at radius 1 is 1.30 bits per heavy atom. The molecule has 27 heavy (non-hydrogen) atoms. The average molecular weight is 382 g/mol. The third-order valence-corrected chi connectivity index (χ3v) is 5.11. The lowest BCUT2D eigenvalue weighted by molar-refractivity contribution is -0.739. The molecule has 0 unspecified atom stereocenters. The third-order valence-electron chi connectivity index (χ3n) is 3.99. The molecule has 0 aliphatic heterocycles. The molecule has 4 aromatic rings. The SMILES string of the molecule is COc1ccccc1-c1ccc2c(N)c(C(=O)Nc3c[n+](C)no3)sc2n1. The molecule has 3 heterocycles. The van der Waals surface area contributed by atoms with E-state index in [4.69, 9.17) is 15.0 Å². The van der Waals surface area contributed by atoms with Crippen molar-refractivity contribution in [2.24, 2.45) is 7.05 Å². The molecule has 0 aliphatic carbocycles. The van der Waals surface area contributed by atoms with Crippen LogP contribution < -0.4 is 20.5 Å². The predicted molar refractivity (Wildman–Crippen MR) is 102 cm³/mol. The quantitative estimate of drug-likeness (QED) is 0.526. The average Bonchev–Trinajstić information content (AvgIpc) is 3.24.